The van der Waals surface area contributed by atoms with Crippen molar-refractivity contribution < 1.29 is 68.6 Å². The summed E-state index contributed by atoms with van der Waals surface area (Å²) in [7, 11) is 4.86. The largest absolute Gasteiger partial charge is 0.459 e. The lowest BCUT2D eigenvalue weighted by atomic mass is 9.74. The van der Waals surface area contributed by atoms with Gasteiger partial charge in [-0.3, -0.25) is 9.59 Å². The standard InChI is InChI=1S/C37H67NO14/c1-14-23-37(10,46)30(42)18(3)26(39)17(2)15-35(8,45)32(52-34-28(41)25(38(11)12)27(40)21(6)49-34)19(4)29(20(5)33(44)50-23)51-24-16-36(9,47-13)31(43)22(7)48-24/h17-25,27-32,34,40-43,45-46H,14-16H2,1-13H3/t17-,18+,19+,20-,21-,22+,23-,24+,25+,27-,28-,29+,30-,31+,32-,34+,35-,36-,37-/m1/s1. The Morgan fingerprint density at radius 1 is 0.827 bits per heavy atom. The molecule has 0 unspecified atom stereocenters. The van der Waals surface area contributed by atoms with E-state index in [1.54, 1.807) is 67.5 Å². The molecule has 3 fully saturated rings. The molecule has 304 valence electrons. The van der Waals surface area contributed by atoms with Crippen LogP contribution in [0.5, 0.6) is 0 Å². The third-order valence-corrected chi connectivity index (χ3v) is 12.0. The number of likely N-dealkylation sites (N-methyl/N-ethyl adjacent to an activating group) is 1. The molecular weight excluding hydrogens is 682 g/mol. The molecule has 15 nitrogen and oxygen atoms in total. The number of methoxy groups -OCH3 is 1. The lowest BCUT2D eigenvalue weighted by molar-refractivity contribution is -0.327. The van der Waals surface area contributed by atoms with E-state index >= 15 is 0 Å². The average molecular weight is 750 g/mol. The number of esters is 1. The van der Waals surface area contributed by atoms with Crippen molar-refractivity contribution in [3.63, 3.8) is 0 Å². The predicted molar refractivity (Wildman–Crippen MR) is 188 cm³/mol. The summed E-state index contributed by atoms with van der Waals surface area (Å²) in [5.41, 5.74) is -4.96. The number of Topliss-reactive ketones (excluding diaryl/α,β-unsaturated/α-hetero) is 1. The molecule has 3 aliphatic heterocycles. The second kappa shape index (κ2) is 17.2. The molecule has 0 bridgehead atoms. The summed E-state index contributed by atoms with van der Waals surface area (Å²) in [5, 5.41) is 68.5. The Hall–Kier alpha value is -1.34. The van der Waals surface area contributed by atoms with Crippen molar-refractivity contribution in [2.45, 2.75) is 179 Å². The summed E-state index contributed by atoms with van der Waals surface area (Å²) in [6.07, 6.45) is -12.6. The number of nitrogens with zero attached hydrogens (tertiary/aromatic N) is 1. The lowest BCUT2D eigenvalue weighted by Crippen LogP contribution is -2.64. The fourth-order valence-electron chi connectivity index (χ4n) is 8.49. The minimum absolute atomic E-state index is 0.0637. The Kier molecular flexibility index (Phi) is 14.9. The van der Waals surface area contributed by atoms with Crippen LogP contribution < -0.4 is 0 Å². The fourth-order valence-corrected chi connectivity index (χ4v) is 8.49. The van der Waals surface area contributed by atoms with E-state index < -0.39 is 126 Å². The van der Waals surface area contributed by atoms with Gasteiger partial charge in [-0.25, -0.2) is 0 Å². The number of cyclic esters (lactones) is 1. The highest BCUT2D eigenvalue weighted by atomic mass is 16.7. The minimum atomic E-state index is -2.02. The maximum absolute atomic E-state index is 14.1. The summed E-state index contributed by atoms with van der Waals surface area (Å²) in [5.74, 6) is -5.23. The van der Waals surface area contributed by atoms with Gasteiger partial charge in [-0.15, -0.1) is 0 Å². The Bertz CT molecular complexity index is 1200. The topological polar surface area (TPSA) is 214 Å². The third-order valence-electron chi connectivity index (χ3n) is 12.0. The molecule has 3 rings (SSSR count). The second-order valence-electron chi connectivity index (χ2n) is 16.5. The smallest absolute Gasteiger partial charge is 0.311 e. The zero-order valence-corrected chi connectivity index (χ0v) is 33.3. The monoisotopic (exact) mass is 749 g/mol. The van der Waals surface area contributed by atoms with Crippen molar-refractivity contribution in [3.8, 4) is 0 Å². The average Bonchev–Trinajstić information content (AvgIpc) is 3.06. The minimum Gasteiger partial charge on any atom is -0.459 e. The molecule has 0 aromatic rings. The number of hydrogen-bond donors (Lipinski definition) is 6. The Balaban J connectivity index is 2.20. The summed E-state index contributed by atoms with van der Waals surface area (Å²) < 4.78 is 36.8. The molecule has 0 aromatic heterocycles. The molecule has 6 N–H and O–H groups in total. The van der Waals surface area contributed by atoms with Crippen LogP contribution in [0, 0.1) is 23.7 Å². The maximum Gasteiger partial charge on any atom is 0.311 e. The number of carbonyl (C=O) groups is 2. The van der Waals surface area contributed by atoms with Gasteiger partial charge in [0.1, 0.15) is 29.7 Å². The highest BCUT2D eigenvalue weighted by Gasteiger charge is 2.54. The van der Waals surface area contributed by atoms with E-state index in [-0.39, 0.29) is 19.3 Å². The van der Waals surface area contributed by atoms with E-state index in [1.807, 2.05) is 0 Å². The van der Waals surface area contributed by atoms with Crippen LogP contribution in [0.3, 0.4) is 0 Å². The van der Waals surface area contributed by atoms with E-state index in [0.717, 1.165) is 0 Å². The van der Waals surface area contributed by atoms with E-state index in [0.29, 0.717) is 0 Å². The van der Waals surface area contributed by atoms with Crippen LogP contribution in [0.1, 0.15) is 88.5 Å². The highest BCUT2D eigenvalue weighted by molar-refractivity contribution is 5.83. The maximum atomic E-state index is 14.1. The lowest BCUT2D eigenvalue weighted by Gasteiger charge is -2.49. The van der Waals surface area contributed by atoms with Crippen LogP contribution in [0.25, 0.3) is 0 Å². The van der Waals surface area contributed by atoms with Gasteiger partial charge in [0.25, 0.3) is 0 Å². The molecule has 3 saturated heterocycles. The first kappa shape index (κ1) is 45.1. The van der Waals surface area contributed by atoms with Crippen LogP contribution in [-0.4, -0.2) is 159 Å². The quantitative estimate of drug-likeness (QED) is 0.198. The molecule has 19 atom stereocenters. The number of ketones is 1. The van der Waals surface area contributed by atoms with Crippen molar-refractivity contribution in [1.29, 1.82) is 0 Å². The van der Waals surface area contributed by atoms with Crippen molar-refractivity contribution in [3.05, 3.63) is 0 Å². The number of carbonyl (C=O) groups excluding carboxylic acids is 2. The van der Waals surface area contributed by atoms with Gasteiger partial charge in [0.2, 0.25) is 0 Å². The number of hydrogen-bond acceptors (Lipinski definition) is 15. The molecule has 0 aliphatic carbocycles. The number of aliphatic hydroxyl groups is 6. The molecule has 3 aliphatic rings. The fraction of sp³-hybridized carbons (Fsp3) is 0.946. The van der Waals surface area contributed by atoms with Crippen molar-refractivity contribution in [2.75, 3.05) is 21.2 Å². The van der Waals surface area contributed by atoms with Crippen LogP contribution in [0.4, 0.5) is 0 Å². The molecule has 15 heteroatoms. The number of rotatable bonds is 7. The van der Waals surface area contributed by atoms with E-state index in [9.17, 15) is 40.2 Å². The molecule has 0 aromatic carbocycles. The van der Waals surface area contributed by atoms with Gasteiger partial charge in [-0.05, 0) is 68.5 Å². The van der Waals surface area contributed by atoms with Crippen molar-refractivity contribution in [1.82, 2.24) is 4.90 Å². The highest BCUT2D eigenvalue weighted by Crippen LogP contribution is 2.40. The van der Waals surface area contributed by atoms with Crippen LogP contribution >= 0.6 is 0 Å². The van der Waals surface area contributed by atoms with Crippen LogP contribution in [-0.2, 0) is 38.0 Å². The molecular formula is C37H67NO14. The Labute approximate surface area is 308 Å². The first-order chi connectivity index (χ1) is 23.9. The zero-order chi connectivity index (χ0) is 39.8. The summed E-state index contributed by atoms with van der Waals surface area (Å²) in [4.78, 5) is 29.5. The van der Waals surface area contributed by atoms with Gasteiger partial charge < -0.3 is 64.0 Å². The molecule has 0 saturated carbocycles. The summed E-state index contributed by atoms with van der Waals surface area (Å²) >= 11 is 0. The number of aliphatic hydroxyl groups excluding tert-OH is 4. The normalized spacial score (nSPS) is 50.5. The third kappa shape index (κ3) is 9.19. The molecule has 0 spiro atoms. The Morgan fingerprint density at radius 2 is 1.42 bits per heavy atom. The van der Waals surface area contributed by atoms with Crippen LogP contribution in [0.15, 0.2) is 0 Å². The first-order valence-corrected chi connectivity index (χ1v) is 18.6. The summed E-state index contributed by atoms with van der Waals surface area (Å²) in [6, 6.07) is -0.801. The van der Waals surface area contributed by atoms with Gasteiger partial charge in [0.05, 0.1) is 59.8 Å². The summed E-state index contributed by atoms with van der Waals surface area (Å²) in [6.45, 7) is 15.8. The van der Waals surface area contributed by atoms with Gasteiger partial charge in [-0.1, -0.05) is 27.7 Å². The van der Waals surface area contributed by atoms with Crippen molar-refractivity contribution in [2.24, 2.45) is 23.7 Å². The van der Waals surface area contributed by atoms with E-state index in [4.69, 9.17) is 28.4 Å². The van der Waals surface area contributed by atoms with Crippen molar-refractivity contribution >= 4 is 11.8 Å². The van der Waals surface area contributed by atoms with E-state index in [1.165, 1.54) is 27.9 Å². The van der Waals surface area contributed by atoms with Gasteiger partial charge >= 0.3 is 5.97 Å². The van der Waals surface area contributed by atoms with Gasteiger partial charge in [-0.2, -0.15) is 0 Å². The Morgan fingerprint density at radius 3 is 1.96 bits per heavy atom. The predicted octanol–water partition coefficient (Wildman–Crippen LogP) is 0.756. The first-order valence-electron chi connectivity index (χ1n) is 18.6. The number of ether oxygens (including phenoxy) is 6. The van der Waals surface area contributed by atoms with Gasteiger partial charge in [0.15, 0.2) is 12.6 Å². The van der Waals surface area contributed by atoms with E-state index in [2.05, 4.69) is 0 Å². The van der Waals surface area contributed by atoms with Gasteiger partial charge in [0, 0.05) is 31.3 Å². The molecule has 3 heterocycles. The molecule has 0 radical (unpaired) electrons. The second-order valence-corrected chi connectivity index (χ2v) is 16.5. The zero-order valence-electron chi connectivity index (χ0n) is 33.3. The van der Waals surface area contributed by atoms with Crippen LogP contribution in [0.2, 0.25) is 0 Å². The molecule has 52 heavy (non-hydrogen) atoms. The SMILES string of the molecule is CC[C@H]1OC(=O)[C@H](C)[C@@H](O[C@H]2C[C@@](C)(OC)[C@@H](O)[C@H](C)O2)[C@H](C)[C@@H](O[C@@H]2O[C@H](C)[C@@H](O)[C@H](N(C)C)[C@H]2O)[C@](C)(O)C[C@@H](C)C(=O)[C@H](C)[C@@H](O)[C@]1(C)O. The molecule has 0 amide bonds.